The monoisotopic (exact) mass is 289 g/mol. The van der Waals surface area contributed by atoms with Crippen LogP contribution >= 0.6 is 11.6 Å². The van der Waals surface area contributed by atoms with Crippen molar-refractivity contribution in [3.8, 4) is 0 Å². The Morgan fingerprint density at radius 2 is 1.89 bits per heavy atom. The van der Waals surface area contributed by atoms with Gasteiger partial charge in [-0.2, -0.15) is 0 Å². The van der Waals surface area contributed by atoms with Crippen LogP contribution < -0.4 is 4.72 Å². The minimum atomic E-state index is -3.20. The fraction of sp³-hybridized carbons (Fsp3) is 0.538. The van der Waals surface area contributed by atoms with Gasteiger partial charge in [0.05, 0.1) is 5.75 Å². The average Bonchev–Trinajstić information content (AvgIpc) is 2.35. The molecule has 0 amide bonds. The van der Waals surface area contributed by atoms with E-state index in [0.717, 1.165) is 18.4 Å². The molecular formula is C13H20ClNO2S. The van der Waals surface area contributed by atoms with Gasteiger partial charge in [0.15, 0.2) is 0 Å². The molecule has 0 fully saturated rings. The molecule has 0 saturated heterocycles. The van der Waals surface area contributed by atoms with Gasteiger partial charge in [0, 0.05) is 12.4 Å². The molecule has 1 aromatic rings. The highest BCUT2D eigenvalue weighted by molar-refractivity contribution is 7.89. The van der Waals surface area contributed by atoms with E-state index in [-0.39, 0.29) is 11.7 Å². The molecule has 0 bridgehead atoms. The third-order valence-electron chi connectivity index (χ3n) is 2.72. The van der Waals surface area contributed by atoms with Crippen molar-refractivity contribution in [3.63, 3.8) is 0 Å². The molecule has 18 heavy (non-hydrogen) atoms. The number of halogens is 1. The minimum absolute atomic E-state index is 0.00303. The zero-order valence-corrected chi connectivity index (χ0v) is 12.2. The van der Waals surface area contributed by atoms with Crippen LogP contribution in [0.15, 0.2) is 30.3 Å². The third-order valence-corrected chi connectivity index (χ3v) is 4.57. The maximum atomic E-state index is 11.8. The maximum absolute atomic E-state index is 11.8. The van der Waals surface area contributed by atoms with Crippen molar-refractivity contribution in [2.24, 2.45) is 0 Å². The standard InChI is InChI=1S/C13H20ClNO2S/c1-12(13-7-3-2-4-8-13)11-18(16,17)15-10-6-5-9-14/h2-4,7-8,12,15H,5-6,9-11H2,1H3. The fourth-order valence-electron chi connectivity index (χ4n) is 1.71. The Hall–Kier alpha value is -0.580. The van der Waals surface area contributed by atoms with Crippen molar-refractivity contribution in [3.05, 3.63) is 35.9 Å². The van der Waals surface area contributed by atoms with Gasteiger partial charge in [0.25, 0.3) is 0 Å². The highest BCUT2D eigenvalue weighted by Crippen LogP contribution is 2.16. The summed E-state index contributed by atoms with van der Waals surface area (Å²) in [5, 5.41) is 0. The van der Waals surface area contributed by atoms with E-state index in [4.69, 9.17) is 11.6 Å². The predicted molar refractivity (Wildman–Crippen MR) is 76.6 cm³/mol. The lowest BCUT2D eigenvalue weighted by Crippen LogP contribution is -2.29. The molecule has 5 heteroatoms. The molecule has 0 aromatic heterocycles. The van der Waals surface area contributed by atoms with Gasteiger partial charge in [-0.1, -0.05) is 37.3 Å². The Morgan fingerprint density at radius 1 is 1.22 bits per heavy atom. The predicted octanol–water partition coefficient (Wildman–Crippen LogP) is 2.73. The van der Waals surface area contributed by atoms with E-state index in [9.17, 15) is 8.42 Å². The summed E-state index contributed by atoms with van der Waals surface area (Å²) < 4.78 is 26.3. The fourth-order valence-corrected chi connectivity index (χ4v) is 3.33. The maximum Gasteiger partial charge on any atom is 0.212 e. The molecule has 1 rings (SSSR count). The first-order chi connectivity index (χ1) is 8.55. The Kier molecular flexibility index (Phi) is 6.68. The van der Waals surface area contributed by atoms with Gasteiger partial charge in [-0.25, -0.2) is 13.1 Å². The number of hydrogen-bond donors (Lipinski definition) is 1. The second-order valence-corrected chi connectivity index (χ2v) is 6.61. The summed E-state index contributed by atoms with van der Waals surface area (Å²) in [5.41, 5.74) is 1.05. The molecule has 0 radical (unpaired) electrons. The largest absolute Gasteiger partial charge is 0.215 e. The first-order valence-electron chi connectivity index (χ1n) is 6.13. The second-order valence-electron chi connectivity index (χ2n) is 4.38. The number of unbranched alkanes of at least 4 members (excludes halogenated alkanes) is 1. The average molecular weight is 290 g/mol. The van der Waals surface area contributed by atoms with Gasteiger partial charge in [-0.05, 0) is 24.3 Å². The molecule has 102 valence electrons. The number of benzene rings is 1. The molecule has 0 aliphatic carbocycles. The number of nitrogens with one attached hydrogen (secondary N) is 1. The molecule has 0 heterocycles. The van der Waals surface area contributed by atoms with Gasteiger partial charge in [0.2, 0.25) is 10.0 Å². The minimum Gasteiger partial charge on any atom is -0.215 e. The van der Waals surface area contributed by atoms with E-state index in [0.29, 0.717) is 12.4 Å². The summed E-state index contributed by atoms with van der Waals surface area (Å²) >= 11 is 5.54. The summed E-state index contributed by atoms with van der Waals surface area (Å²) in [6, 6.07) is 9.68. The molecule has 0 spiro atoms. The van der Waals surface area contributed by atoms with Gasteiger partial charge < -0.3 is 0 Å². The molecule has 0 saturated carbocycles. The van der Waals surface area contributed by atoms with Crippen LogP contribution in [0, 0.1) is 0 Å². The van der Waals surface area contributed by atoms with E-state index in [2.05, 4.69) is 4.72 Å². The molecule has 1 N–H and O–H groups in total. The summed E-state index contributed by atoms with van der Waals surface area (Å²) in [6.07, 6.45) is 1.61. The first-order valence-corrected chi connectivity index (χ1v) is 8.32. The van der Waals surface area contributed by atoms with Crippen molar-refractivity contribution >= 4 is 21.6 Å². The lowest BCUT2D eigenvalue weighted by atomic mass is 10.0. The lowest BCUT2D eigenvalue weighted by Gasteiger charge is -2.13. The lowest BCUT2D eigenvalue weighted by molar-refractivity contribution is 0.573. The normalized spacial score (nSPS) is 13.4. The summed E-state index contributed by atoms with van der Waals surface area (Å²) in [7, 11) is -3.20. The van der Waals surface area contributed by atoms with Crippen LogP contribution in [0.2, 0.25) is 0 Å². The zero-order valence-electron chi connectivity index (χ0n) is 10.6. The third kappa shape index (κ3) is 5.85. The van der Waals surface area contributed by atoms with Crippen LogP contribution in [0.25, 0.3) is 0 Å². The molecule has 0 aliphatic rings. The topological polar surface area (TPSA) is 46.2 Å². The van der Waals surface area contributed by atoms with Crippen LogP contribution in [0.1, 0.15) is 31.2 Å². The van der Waals surface area contributed by atoms with Crippen molar-refractivity contribution in [1.82, 2.24) is 4.72 Å². The van der Waals surface area contributed by atoms with Crippen LogP contribution in [0.3, 0.4) is 0 Å². The van der Waals surface area contributed by atoms with Crippen LogP contribution in [-0.4, -0.2) is 26.6 Å². The number of hydrogen-bond acceptors (Lipinski definition) is 2. The highest BCUT2D eigenvalue weighted by Gasteiger charge is 2.16. The van der Waals surface area contributed by atoms with Gasteiger partial charge in [-0.3, -0.25) is 0 Å². The Morgan fingerprint density at radius 3 is 2.50 bits per heavy atom. The molecule has 0 aliphatic heterocycles. The number of rotatable bonds is 8. The zero-order chi connectivity index (χ0) is 13.4. The molecule has 1 unspecified atom stereocenters. The van der Waals surface area contributed by atoms with E-state index in [1.165, 1.54) is 0 Å². The van der Waals surface area contributed by atoms with Crippen molar-refractivity contribution in [2.45, 2.75) is 25.7 Å². The number of alkyl halides is 1. The molecule has 1 atom stereocenters. The Balaban J connectivity index is 2.45. The quantitative estimate of drug-likeness (QED) is 0.591. The van der Waals surface area contributed by atoms with Crippen molar-refractivity contribution in [2.75, 3.05) is 18.2 Å². The highest BCUT2D eigenvalue weighted by atomic mass is 35.5. The van der Waals surface area contributed by atoms with Crippen LogP contribution in [-0.2, 0) is 10.0 Å². The SMILES string of the molecule is CC(CS(=O)(=O)NCCCCCl)c1ccccc1. The molecule has 1 aromatic carbocycles. The molecular weight excluding hydrogens is 270 g/mol. The van der Waals surface area contributed by atoms with Gasteiger partial charge in [-0.15, -0.1) is 11.6 Å². The van der Waals surface area contributed by atoms with Gasteiger partial charge >= 0.3 is 0 Å². The Labute approximate surface area is 115 Å². The summed E-state index contributed by atoms with van der Waals surface area (Å²) in [5.74, 6) is 0.691. The van der Waals surface area contributed by atoms with Gasteiger partial charge in [0.1, 0.15) is 0 Å². The van der Waals surface area contributed by atoms with E-state index in [1.54, 1.807) is 0 Å². The Bertz CT molecular complexity index is 434. The van der Waals surface area contributed by atoms with Crippen molar-refractivity contribution < 1.29 is 8.42 Å². The van der Waals surface area contributed by atoms with E-state index >= 15 is 0 Å². The number of sulfonamides is 1. The summed E-state index contributed by atoms with van der Waals surface area (Å²) in [6.45, 7) is 2.39. The smallest absolute Gasteiger partial charge is 0.212 e. The van der Waals surface area contributed by atoms with Crippen LogP contribution in [0.4, 0.5) is 0 Å². The first kappa shape index (κ1) is 15.5. The van der Waals surface area contributed by atoms with Crippen LogP contribution in [0.5, 0.6) is 0 Å². The van der Waals surface area contributed by atoms with E-state index < -0.39 is 10.0 Å². The van der Waals surface area contributed by atoms with E-state index in [1.807, 2.05) is 37.3 Å². The summed E-state index contributed by atoms with van der Waals surface area (Å²) in [4.78, 5) is 0. The van der Waals surface area contributed by atoms with Crippen molar-refractivity contribution in [1.29, 1.82) is 0 Å². The molecule has 3 nitrogen and oxygen atoms in total. The second kappa shape index (κ2) is 7.77.